The van der Waals surface area contributed by atoms with E-state index in [1.807, 2.05) is 31.2 Å². The van der Waals surface area contributed by atoms with Crippen molar-refractivity contribution in [1.82, 2.24) is 15.8 Å². The van der Waals surface area contributed by atoms with Crippen molar-refractivity contribution in [3.8, 4) is 0 Å². The number of thiazole rings is 1. The van der Waals surface area contributed by atoms with Crippen LogP contribution in [0.2, 0.25) is 0 Å². The van der Waals surface area contributed by atoms with Crippen LogP contribution in [0.4, 0.5) is 10.8 Å². The second kappa shape index (κ2) is 8.24. The number of thiocarbonyl (C=S) groups is 1. The first-order valence-corrected chi connectivity index (χ1v) is 9.13. The van der Waals surface area contributed by atoms with Crippen LogP contribution in [0.15, 0.2) is 29.6 Å². The highest BCUT2D eigenvalue weighted by atomic mass is 32.1. The molecular weight excluding hydrogens is 358 g/mol. The van der Waals surface area contributed by atoms with Crippen molar-refractivity contribution in [2.75, 3.05) is 36.5 Å². The van der Waals surface area contributed by atoms with E-state index in [2.05, 4.69) is 26.1 Å². The molecule has 7 nitrogen and oxygen atoms in total. The maximum atomic E-state index is 12.2. The van der Waals surface area contributed by atoms with Gasteiger partial charge in [-0.2, -0.15) is 0 Å². The average molecular weight is 377 g/mol. The number of nitrogens with zero attached hydrogens (tertiary/aromatic N) is 2. The summed E-state index contributed by atoms with van der Waals surface area (Å²) in [6.45, 7) is 4.92. The number of anilines is 2. The number of morpholine rings is 1. The minimum atomic E-state index is -0.329. The second-order valence-corrected chi connectivity index (χ2v) is 6.71. The number of benzene rings is 1. The van der Waals surface area contributed by atoms with E-state index in [0.29, 0.717) is 24.0 Å². The zero-order chi connectivity index (χ0) is 17.6. The van der Waals surface area contributed by atoms with Crippen molar-refractivity contribution >= 4 is 45.4 Å². The minimum absolute atomic E-state index is 0.311. The van der Waals surface area contributed by atoms with Crippen molar-refractivity contribution in [3.63, 3.8) is 0 Å². The summed E-state index contributed by atoms with van der Waals surface area (Å²) < 4.78 is 5.32. The van der Waals surface area contributed by atoms with Gasteiger partial charge in [-0.1, -0.05) is 18.2 Å². The summed E-state index contributed by atoms with van der Waals surface area (Å²) in [7, 11) is 0. The fourth-order valence-corrected chi connectivity index (χ4v) is 3.33. The molecule has 0 spiro atoms. The number of hydrogen-bond acceptors (Lipinski definition) is 6. The first-order chi connectivity index (χ1) is 12.1. The molecule has 1 amide bonds. The number of para-hydroxylation sites is 1. The molecule has 1 aliphatic rings. The summed E-state index contributed by atoms with van der Waals surface area (Å²) in [5.41, 5.74) is 7.57. The number of aryl methyl sites for hydroxylation is 1. The highest BCUT2D eigenvalue weighted by molar-refractivity contribution is 7.80. The van der Waals surface area contributed by atoms with E-state index in [4.69, 9.17) is 17.0 Å². The summed E-state index contributed by atoms with van der Waals surface area (Å²) >= 11 is 6.64. The third kappa shape index (κ3) is 4.65. The molecule has 132 valence electrons. The summed E-state index contributed by atoms with van der Waals surface area (Å²) in [5, 5.41) is 5.91. The predicted molar refractivity (Wildman–Crippen MR) is 103 cm³/mol. The number of hydrazine groups is 1. The summed E-state index contributed by atoms with van der Waals surface area (Å²) in [6.07, 6.45) is 0. The van der Waals surface area contributed by atoms with Gasteiger partial charge in [-0.25, -0.2) is 4.98 Å². The lowest BCUT2D eigenvalue weighted by atomic mass is 10.2. The van der Waals surface area contributed by atoms with Gasteiger partial charge in [-0.15, -0.1) is 11.3 Å². The molecule has 9 heteroatoms. The molecule has 25 heavy (non-hydrogen) atoms. The van der Waals surface area contributed by atoms with Crippen LogP contribution in [0.25, 0.3) is 0 Å². The Morgan fingerprint density at radius 3 is 2.80 bits per heavy atom. The van der Waals surface area contributed by atoms with E-state index >= 15 is 0 Å². The van der Waals surface area contributed by atoms with Gasteiger partial charge in [0.15, 0.2) is 10.2 Å². The van der Waals surface area contributed by atoms with Crippen LogP contribution >= 0.6 is 23.6 Å². The molecular formula is C16H19N5O2S2. The average Bonchev–Trinajstić information content (AvgIpc) is 3.13. The normalized spacial score (nSPS) is 14.0. The van der Waals surface area contributed by atoms with Gasteiger partial charge >= 0.3 is 0 Å². The predicted octanol–water partition coefficient (Wildman–Crippen LogP) is 1.92. The lowest BCUT2D eigenvalue weighted by Gasteiger charge is -2.25. The lowest BCUT2D eigenvalue weighted by molar-refractivity contribution is 0.0940. The Balaban J connectivity index is 1.51. The summed E-state index contributed by atoms with van der Waals surface area (Å²) in [6, 6.07) is 7.76. The van der Waals surface area contributed by atoms with Gasteiger partial charge in [0.1, 0.15) is 5.69 Å². The zero-order valence-electron chi connectivity index (χ0n) is 13.7. The number of amides is 1. The molecule has 1 aliphatic heterocycles. The molecule has 1 saturated heterocycles. The number of carbonyl (C=O) groups is 1. The SMILES string of the molecule is Cc1ccccc1NC(=S)NNC(=O)c1csc(N2CCOCC2)n1. The third-order valence-electron chi connectivity index (χ3n) is 3.69. The van der Waals surface area contributed by atoms with Crippen molar-refractivity contribution in [2.24, 2.45) is 0 Å². The van der Waals surface area contributed by atoms with Crippen LogP contribution in [0.3, 0.4) is 0 Å². The molecule has 1 fully saturated rings. The largest absolute Gasteiger partial charge is 0.378 e. The number of hydrogen-bond donors (Lipinski definition) is 3. The lowest BCUT2D eigenvalue weighted by Crippen LogP contribution is -2.44. The molecule has 3 N–H and O–H groups in total. The van der Waals surface area contributed by atoms with Crippen molar-refractivity contribution in [3.05, 3.63) is 40.9 Å². The van der Waals surface area contributed by atoms with Crippen LogP contribution in [-0.2, 0) is 4.74 Å². The quantitative estimate of drug-likeness (QED) is 0.557. The van der Waals surface area contributed by atoms with Gasteiger partial charge in [0, 0.05) is 24.2 Å². The van der Waals surface area contributed by atoms with Crippen LogP contribution in [0.1, 0.15) is 16.1 Å². The van der Waals surface area contributed by atoms with Crippen LogP contribution in [-0.4, -0.2) is 42.3 Å². The van der Waals surface area contributed by atoms with Gasteiger partial charge in [0.2, 0.25) is 0 Å². The van der Waals surface area contributed by atoms with E-state index in [1.54, 1.807) is 5.38 Å². The molecule has 0 unspecified atom stereocenters. The van der Waals surface area contributed by atoms with Gasteiger partial charge in [-0.3, -0.25) is 15.6 Å². The van der Waals surface area contributed by atoms with Gasteiger partial charge < -0.3 is 15.0 Å². The number of ether oxygens (including phenoxy) is 1. The molecule has 2 aromatic rings. The number of carbonyl (C=O) groups excluding carboxylic acids is 1. The number of aromatic nitrogens is 1. The molecule has 2 heterocycles. The number of rotatable bonds is 3. The first kappa shape index (κ1) is 17.6. The summed E-state index contributed by atoms with van der Waals surface area (Å²) in [4.78, 5) is 18.7. The second-order valence-electron chi connectivity index (χ2n) is 5.46. The zero-order valence-corrected chi connectivity index (χ0v) is 15.4. The van der Waals surface area contributed by atoms with Crippen LogP contribution < -0.4 is 21.1 Å². The molecule has 0 radical (unpaired) electrons. The Bertz CT molecular complexity index is 758. The van der Waals surface area contributed by atoms with Crippen molar-refractivity contribution < 1.29 is 9.53 Å². The smallest absolute Gasteiger partial charge is 0.289 e. The molecule has 3 rings (SSSR count). The minimum Gasteiger partial charge on any atom is -0.378 e. The highest BCUT2D eigenvalue weighted by Gasteiger charge is 2.17. The fourth-order valence-electron chi connectivity index (χ4n) is 2.31. The first-order valence-electron chi connectivity index (χ1n) is 7.84. The van der Waals surface area contributed by atoms with Crippen molar-refractivity contribution in [2.45, 2.75) is 6.92 Å². The van der Waals surface area contributed by atoms with Gasteiger partial charge in [0.05, 0.1) is 13.2 Å². The van der Waals surface area contributed by atoms with Crippen LogP contribution in [0, 0.1) is 6.92 Å². The van der Waals surface area contributed by atoms with Crippen LogP contribution in [0.5, 0.6) is 0 Å². The molecule has 1 aromatic heterocycles. The Labute approximate surface area is 155 Å². The molecule has 0 atom stereocenters. The Morgan fingerprint density at radius 2 is 2.04 bits per heavy atom. The van der Waals surface area contributed by atoms with Gasteiger partial charge in [-0.05, 0) is 30.8 Å². The Kier molecular flexibility index (Phi) is 5.79. The summed E-state index contributed by atoms with van der Waals surface area (Å²) in [5.74, 6) is -0.329. The Hall–Kier alpha value is -2.23. The maximum Gasteiger partial charge on any atom is 0.289 e. The molecule has 1 aromatic carbocycles. The van der Waals surface area contributed by atoms with E-state index < -0.39 is 0 Å². The topological polar surface area (TPSA) is 78.5 Å². The highest BCUT2D eigenvalue weighted by Crippen LogP contribution is 2.21. The number of nitrogens with one attached hydrogen (secondary N) is 3. The monoisotopic (exact) mass is 377 g/mol. The molecule has 0 saturated carbocycles. The standard InChI is InChI=1S/C16H19N5O2S2/c1-11-4-2-3-5-12(11)17-15(24)20-19-14(22)13-10-25-16(18-13)21-6-8-23-9-7-21/h2-5,10H,6-9H2,1H3,(H,19,22)(H2,17,20,24). The van der Waals surface area contributed by atoms with E-state index in [1.165, 1.54) is 11.3 Å². The van der Waals surface area contributed by atoms with E-state index in [9.17, 15) is 4.79 Å². The van der Waals surface area contributed by atoms with E-state index in [-0.39, 0.29) is 5.91 Å². The third-order valence-corrected chi connectivity index (χ3v) is 4.79. The van der Waals surface area contributed by atoms with E-state index in [0.717, 1.165) is 29.5 Å². The van der Waals surface area contributed by atoms with Crippen molar-refractivity contribution in [1.29, 1.82) is 0 Å². The van der Waals surface area contributed by atoms with Gasteiger partial charge in [0.25, 0.3) is 5.91 Å². The molecule has 0 aliphatic carbocycles. The maximum absolute atomic E-state index is 12.2. The fraction of sp³-hybridized carbons (Fsp3) is 0.312. The Morgan fingerprint density at radius 1 is 1.28 bits per heavy atom. The molecule has 0 bridgehead atoms.